The van der Waals surface area contributed by atoms with Gasteiger partial charge in [0.1, 0.15) is 11.4 Å². The molecule has 0 heterocycles. The summed E-state index contributed by atoms with van der Waals surface area (Å²) < 4.78 is 19.1. The summed E-state index contributed by atoms with van der Waals surface area (Å²) >= 11 is 0. The Balaban J connectivity index is 2.48. The van der Waals surface area contributed by atoms with Gasteiger partial charge < -0.3 is 10.5 Å². The molecule has 0 bridgehead atoms. The normalized spacial score (nSPS) is 18.3. The molecule has 0 unspecified atom stereocenters. The summed E-state index contributed by atoms with van der Waals surface area (Å²) in [6.45, 7) is 3.10. The monoisotopic (exact) mass is 223 g/mol. The van der Waals surface area contributed by atoms with E-state index in [1.807, 2.05) is 6.07 Å². The van der Waals surface area contributed by atoms with Crippen molar-refractivity contribution in [2.45, 2.75) is 37.9 Å². The van der Waals surface area contributed by atoms with Crippen molar-refractivity contribution in [3.05, 3.63) is 29.3 Å². The number of halogens is 1. The summed E-state index contributed by atoms with van der Waals surface area (Å²) in [4.78, 5) is 0. The number of nitrogens with two attached hydrogens (primary N) is 1. The molecule has 1 aromatic rings. The van der Waals surface area contributed by atoms with Gasteiger partial charge in [0, 0.05) is 11.1 Å². The van der Waals surface area contributed by atoms with Gasteiger partial charge in [-0.3, -0.25) is 0 Å². The fraction of sp³-hybridized carbons (Fsp3) is 0.538. The van der Waals surface area contributed by atoms with Crippen molar-refractivity contribution in [2.75, 3.05) is 7.11 Å². The first-order valence-corrected chi connectivity index (χ1v) is 5.54. The number of hydrogen-bond acceptors (Lipinski definition) is 2. The Kier molecular flexibility index (Phi) is 2.46. The molecule has 1 fully saturated rings. The summed E-state index contributed by atoms with van der Waals surface area (Å²) in [7, 11) is 1.62. The molecule has 16 heavy (non-hydrogen) atoms. The molecule has 1 aliphatic carbocycles. The zero-order valence-corrected chi connectivity index (χ0v) is 10.0. The minimum absolute atomic E-state index is 0.299. The van der Waals surface area contributed by atoms with Gasteiger partial charge in [0.15, 0.2) is 0 Å². The minimum atomic E-state index is -1.34. The third-order valence-corrected chi connectivity index (χ3v) is 3.21. The van der Waals surface area contributed by atoms with Gasteiger partial charge in [0.05, 0.1) is 7.11 Å². The van der Waals surface area contributed by atoms with Crippen molar-refractivity contribution in [1.82, 2.24) is 0 Å². The number of benzene rings is 1. The Labute approximate surface area is 95.6 Å². The van der Waals surface area contributed by atoms with Gasteiger partial charge in [0.2, 0.25) is 0 Å². The van der Waals surface area contributed by atoms with E-state index in [9.17, 15) is 4.39 Å². The lowest BCUT2D eigenvalue weighted by atomic mass is 9.94. The molecular formula is C13H18FNO. The summed E-state index contributed by atoms with van der Waals surface area (Å²) in [5.74, 6) is 0.757. The van der Waals surface area contributed by atoms with Crippen LogP contribution >= 0.6 is 0 Å². The van der Waals surface area contributed by atoms with Crippen LogP contribution in [0.15, 0.2) is 18.2 Å². The average Bonchev–Trinajstić information content (AvgIpc) is 2.95. The van der Waals surface area contributed by atoms with Gasteiger partial charge in [-0.2, -0.15) is 0 Å². The zero-order valence-electron chi connectivity index (χ0n) is 10.0. The standard InChI is InChI=1S/C13H18FNO/c1-12(2,14)9-4-5-11(16-3)10(8-9)13(15)6-7-13/h4-5,8H,6-7,15H2,1-3H3. The lowest BCUT2D eigenvalue weighted by Gasteiger charge is -2.20. The first-order valence-electron chi connectivity index (χ1n) is 5.54. The highest BCUT2D eigenvalue weighted by Gasteiger charge is 2.42. The van der Waals surface area contributed by atoms with Crippen LogP contribution in [0.5, 0.6) is 5.75 Å². The molecule has 1 aromatic carbocycles. The topological polar surface area (TPSA) is 35.2 Å². The summed E-state index contributed by atoms with van der Waals surface area (Å²) in [6, 6.07) is 5.40. The van der Waals surface area contributed by atoms with Crippen LogP contribution < -0.4 is 10.5 Å². The molecule has 1 aliphatic rings. The molecule has 2 rings (SSSR count). The maximum absolute atomic E-state index is 13.9. The van der Waals surface area contributed by atoms with Crippen LogP contribution in [0.4, 0.5) is 4.39 Å². The van der Waals surface area contributed by atoms with Crippen molar-refractivity contribution in [3.63, 3.8) is 0 Å². The molecule has 0 radical (unpaired) electrons. The van der Waals surface area contributed by atoms with Crippen LogP contribution in [0.1, 0.15) is 37.8 Å². The third kappa shape index (κ3) is 1.92. The fourth-order valence-corrected chi connectivity index (χ4v) is 1.87. The van der Waals surface area contributed by atoms with Crippen LogP contribution in [0, 0.1) is 0 Å². The van der Waals surface area contributed by atoms with Gasteiger partial charge in [-0.1, -0.05) is 6.07 Å². The number of alkyl halides is 1. The molecular weight excluding hydrogens is 205 g/mol. The number of hydrogen-bond donors (Lipinski definition) is 1. The molecule has 3 heteroatoms. The first kappa shape index (κ1) is 11.4. The van der Waals surface area contributed by atoms with Crippen molar-refractivity contribution in [1.29, 1.82) is 0 Å². The van der Waals surface area contributed by atoms with E-state index in [-0.39, 0.29) is 5.54 Å². The second-order valence-corrected chi connectivity index (χ2v) is 5.04. The van der Waals surface area contributed by atoms with Crippen LogP contribution in [0.3, 0.4) is 0 Å². The summed E-state index contributed by atoms with van der Waals surface area (Å²) in [5.41, 5.74) is 6.10. The van der Waals surface area contributed by atoms with Gasteiger partial charge in [-0.15, -0.1) is 0 Å². The largest absolute Gasteiger partial charge is 0.496 e. The van der Waals surface area contributed by atoms with E-state index in [0.717, 1.165) is 24.2 Å². The van der Waals surface area contributed by atoms with E-state index in [1.54, 1.807) is 33.1 Å². The van der Waals surface area contributed by atoms with E-state index < -0.39 is 5.67 Å². The maximum Gasteiger partial charge on any atom is 0.130 e. The highest BCUT2D eigenvalue weighted by atomic mass is 19.1. The maximum atomic E-state index is 13.9. The van der Waals surface area contributed by atoms with Gasteiger partial charge in [0.25, 0.3) is 0 Å². The van der Waals surface area contributed by atoms with E-state index in [2.05, 4.69) is 0 Å². The van der Waals surface area contributed by atoms with Crippen LogP contribution in [-0.4, -0.2) is 7.11 Å². The Hall–Kier alpha value is -1.09. The van der Waals surface area contributed by atoms with E-state index in [0.29, 0.717) is 5.56 Å². The van der Waals surface area contributed by atoms with Crippen molar-refractivity contribution in [3.8, 4) is 5.75 Å². The highest BCUT2D eigenvalue weighted by Crippen LogP contribution is 2.47. The molecule has 1 saturated carbocycles. The number of methoxy groups -OCH3 is 1. The smallest absolute Gasteiger partial charge is 0.130 e. The quantitative estimate of drug-likeness (QED) is 0.855. The molecule has 0 saturated heterocycles. The van der Waals surface area contributed by atoms with Gasteiger partial charge in [-0.05, 0) is 44.4 Å². The van der Waals surface area contributed by atoms with E-state index >= 15 is 0 Å². The van der Waals surface area contributed by atoms with Gasteiger partial charge in [-0.25, -0.2) is 4.39 Å². The molecule has 2 N–H and O–H groups in total. The van der Waals surface area contributed by atoms with E-state index in [1.165, 1.54) is 0 Å². The molecule has 0 spiro atoms. The Morgan fingerprint density at radius 1 is 1.38 bits per heavy atom. The first-order chi connectivity index (χ1) is 7.37. The zero-order chi connectivity index (χ0) is 12.0. The Bertz CT molecular complexity index is 405. The Morgan fingerprint density at radius 3 is 2.44 bits per heavy atom. The van der Waals surface area contributed by atoms with Crippen molar-refractivity contribution < 1.29 is 9.13 Å². The molecule has 0 amide bonds. The molecule has 88 valence electrons. The molecule has 0 atom stereocenters. The number of ether oxygens (including phenoxy) is 1. The molecule has 2 nitrogen and oxygen atoms in total. The van der Waals surface area contributed by atoms with Crippen LogP contribution in [0.2, 0.25) is 0 Å². The Morgan fingerprint density at radius 2 is 2.00 bits per heavy atom. The SMILES string of the molecule is COc1ccc(C(C)(C)F)cc1C1(N)CC1. The lowest BCUT2D eigenvalue weighted by Crippen LogP contribution is -2.21. The van der Waals surface area contributed by atoms with E-state index in [4.69, 9.17) is 10.5 Å². The number of rotatable bonds is 3. The predicted octanol–water partition coefficient (Wildman–Crippen LogP) is 2.85. The highest BCUT2D eigenvalue weighted by molar-refractivity contribution is 5.45. The van der Waals surface area contributed by atoms with Crippen molar-refractivity contribution in [2.24, 2.45) is 5.73 Å². The summed E-state index contributed by atoms with van der Waals surface area (Å²) in [5, 5.41) is 0. The third-order valence-electron chi connectivity index (χ3n) is 3.21. The predicted molar refractivity (Wildman–Crippen MR) is 62.2 cm³/mol. The minimum Gasteiger partial charge on any atom is -0.496 e. The van der Waals surface area contributed by atoms with Crippen LogP contribution in [-0.2, 0) is 11.2 Å². The van der Waals surface area contributed by atoms with Crippen molar-refractivity contribution >= 4 is 0 Å². The summed E-state index contributed by atoms with van der Waals surface area (Å²) in [6.07, 6.45) is 1.89. The van der Waals surface area contributed by atoms with Crippen LogP contribution in [0.25, 0.3) is 0 Å². The molecule has 0 aliphatic heterocycles. The average molecular weight is 223 g/mol. The second-order valence-electron chi connectivity index (χ2n) is 5.04. The second kappa shape index (κ2) is 3.45. The fourth-order valence-electron chi connectivity index (χ4n) is 1.87. The lowest BCUT2D eigenvalue weighted by molar-refractivity contribution is 0.221. The van der Waals surface area contributed by atoms with Gasteiger partial charge >= 0.3 is 0 Å². The molecule has 0 aromatic heterocycles.